The molecule has 3 aromatic rings. The number of fused-ring (bicyclic) bond motifs is 4. The predicted octanol–water partition coefficient (Wildman–Crippen LogP) is 6.02. The van der Waals surface area contributed by atoms with Gasteiger partial charge in [-0.25, -0.2) is 4.90 Å². The second-order valence-electron chi connectivity index (χ2n) is 14.0. The first-order valence-corrected chi connectivity index (χ1v) is 16.5. The van der Waals surface area contributed by atoms with Gasteiger partial charge >= 0.3 is 0 Å². The summed E-state index contributed by atoms with van der Waals surface area (Å²) in [4.78, 5) is 61.0. The highest BCUT2D eigenvalue weighted by Crippen LogP contribution is 2.66. The van der Waals surface area contributed by atoms with E-state index in [1.807, 2.05) is 57.2 Å². The molecule has 7 rings (SSSR count). The molecular weight excluding hydrogens is 632 g/mol. The number of aromatic hydroxyl groups is 1. The topological polar surface area (TPSA) is 113 Å². The Labute approximate surface area is 284 Å². The summed E-state index contributed by atoms with van der Waals surface area (Å²) < 4.78 is 11.8. The number of rotatable bonds is 5. The third-order valence-corrected chi connectivity index (χ3v) is 10.9. The minimum absolute atomic E-state index is 0.102. The molecule has 0 radical (unpaired) electrons. The highest BCUT2D eigenvalue weighted by Gasteiger charge is 2.71. The van der Waals surface area contributed by atoms with E-state index in [0.717, 1.165) is 5.57 Å². The first kappa shape index (κ1) is 31.9. The van der Waals surface area contributed by atoms with E-state index in [2.05, 4.69) is 0 Å². The third kappa shape index (κ3) is 4.36. The van der Waals surface area contributed by atoms with Crippen molar-refractivity contribution in [1.82, 2.24) is 4.90 Å². The molecule has 2 aliphatic heterocycles. The fourth-order valence-electron chi connectivity index (χ4n) is 8.93. The molecule has 10 heteroatoms. The largest absolute Gasteiger partial charge is 0.508 e. The number of methoxy groups -OCH3 is 2. The van der Waals surface area contributed by atoms with E-state index in [1.54, 1.807) is 24.3 Å². The van der Waals surface area contributed by atoms with Crippen molar-refractivity contribution in [3.63, 3.8) is 0 Å². The Kier molecular flexibility index (Phi) is 7.47. The summed E-state index contributed by atoms with van der Waals surface area (Å²) in [6, 6.07) is 18.8. The van der Waals surface area contributed by atoms with Gasteiger partial charge in [-0.05, 0) is 63.3 Å². The van der Waals surface area contributed by atoms with Crippen LogP contribution in [0.4, 0.5) is 5.69 Å². The Morgan fingerprint density at radius 1 is 0.854 bits per heavy atom. The molecular formula is C38H37ClN2O7. The van der Waals surface area contributed by atoms with E-state index in [4.69, 9.17) is 21.1 Å². The first-order valence-electron chi connectivity index (χ1n) is 16.1. The molecule has 2 saturated heterocycles. The van der Waals surface area contributed by atoms with E-state index in [9.17, 15) is 19.5 Å². The Morgan fingerprint density at radius 3 is 2.12 bits per heavy atom. The first-order chi connectivity index (χ1) is 22.9. The number of amides is 4. The second kappa shape index (κ2) is 11.2. The van der Waals surface area contributed by atoms with Gasteiger partial charge in [0.15, 0.2) is 0 Å². The number of allylic oxidation sites excluding steroid dienone is 2. The van der Waals surface area contributed by atoms with Gasteiger partial charge in [0.05, 0.1) is 43.1 Å². The molecule has 0 bridgehead atoms. The molecule has 2 aliphatic carbocycles. The molecule has 1 saturated carbocycles. The van der Waals surface area contributed by atoms with Crippen molar-refractivity contribution in [3.8, 4) is 17.2 Å². The van der Waals surface area contributed by atoms with Crippen molar-refractivity contribution in [2.24, 2.45) is 23.7 Å². The van der Waals surface area contributed by atoms with Crippen LogP contribution in [-0.2, 0) is 24.6 Å². The maximum Gasteiger partial charge on any atom is 0.246 e. The van der Waals surface area contributed by atoms with Gasteiger partial charge in [0.1, 0.15) is 17.2 Å². The number of phenols is 1. The number of phenolic OH excluding ortho intramolecular Hbond substituents is 1. The number of ether oxygens (including phenoxy) is 2. The number of imide groups is 2. The van der Waals surface area contributed by atoms with Gasteiger partial charge in [-0.1, -0.05) is 59.6 Å². The molecule has 248 valence electrons. The molecule has 48 heavy (non-hydrogen) atoms. The van der Waals surface area contributed by atoms with Gasteiger partial charge < -0.3 is 14.6 Å². The standard InChI is InChI=1S/C38H37ClN2O7/c1-37(2,3)41-33(43)25-15-14-24-26(30(25)35(41)45)19-27-34(44)40(22-13-9-12-21(39)16-22)36(46)38(27,20-10-7-6-8-11-20)32(24)31-28(47-4)17-23(42)18-29(31)48-5/h6-14,16-18,25-27,30,32,42H,15,19H2,1-5H3/t25-,26+,27-,30-,32+,38+/m0/s1. The van der Waals surface area contributed by atoms with Gasteiger partial charge in [-0.2, -0.15) is 0 Å². The van der Waals surface area contributed by atoms with Crippen LogP contribution in [0.3, 0.4) is 0 Å². The van der Waals surface area contributed by atoms with Crippen LogP contribution in [0.25, 0.3) is 0 Å². The zero-order chi connectivity index (χ0) is 34.3. The molecule has 6 atom stereocenters. The predicted molar refractivity (Wildman–Crippen MR) is 179 cm³/mol. The van der Waals surface area contributed by atoms with Crippen LogP contribution < -0.4 is 14.4 Å². The van der Waals surface area contributed by atoms with Crippen molar-refractivity contribution >= 4 is 40.9 Å². The number of carbonyl (C=O) groups is 4. The highest BCUT2D eigenvalue weighted by molar-refractivity contribution is 6.32. The molecule has 0 unspecified atom stereocenters. The van der Waals surface area contributed by atoms with Crippen molar-refractivity contribution in [3.05, 3.63) is 94.5 Å². The summed E-state index contributed by atoms with van der Waals surface area (Å²) in [7, 11) is 2.94. The fraction of sp³-hybridized carbons (Fsp3) is 0.368. The van der Waals surface area contributed by atoms with E-state index in [-0.39, 0.29) is 35.5 Å². The molecule has 4 amide bonds. The molecule has 0 aromatic heterocycles. The zero-order valence-electron chi connectivity index (χ0n) is 27.4. The lowest BCUT2D eigenvalue weighted by Gasteiger charge is -2.51. The number of carbonyl (C=O) groups excluding carboxylic acids is 4. The molecule has 3 aromatic carbocycles. The van der Waals surface area contributed by atoms with Crippen molar-refractivity contribution in [2.75, 3.05) is 19.1 Å². The van der Waals surface area contributed by atoms with Crippen molar-refractivity contribution in [1.29, 1.82) is 0 Å². The lowest BCUT2D eigenvalue weighted by Crippen LogP contribution is -2.53. The number of benzene rings is 3. The average molecular weight is 669 g/mol. The third-order valence-electron chi connectivity index (χ3n) is 10.7. The lowest BCUT2D eigenvalue weighted by molar-refractivity contribution is -0.145. The maximum absolute atomic E-state index is 15.4. The SMILES string of the molecule is COc1cc(O)cc(OC)c1[C@H]1C2=CC[C@@H]3C(=O)N(C(C)(C)C)C(=O)[C@@H]3[C@@H]2C[C@H]2C(=O)N(c3cccc(Cl)c3)C(=O)[C@@]12c1ccccc1. The van der Waals surface area contributed by atoms with Crippen LogP contribution in [0.2, 0.25) is 5.02 Å². The van der Waals surface area contributed by atoms with Gasteiger partial charge in [0, 0.05) is 34.2 Å². The van der Waals surface area contributed by atoms with Crippen LogP contribution >= 0.6 is 11.6 Å². The summed E-state index contributed by atoms with van der Waals surface area (Å²) in [5.41, 5.74) is -0.0512. The Bertz CT molecular complexity index is 1880. The number of hydrogen-bond acceptors (Lipinski definition) is 7. The zero-order valence-corrected chi connectivity index (χ0v) is 28.2. The Balaban J connectivity index is 1.55. The Morgan fingerprint density at radius 2 is 1.52 bits per heavy atom. The second-order valence-corrected chi connectivity index (χ2v) is 14.5. The van der Waals surface area contributed by atoms with Crippen LogP contribution in [0.5, 0.6) is 17.2 Å². The lowest BCUT2D eigenvalue weighted by atomic mass is 9.49. The molecule has 0 spiro atoms. The number of halogens is 1. The van der Waals surface area contributed by atoms with E-state index in [1.165, 1.54) is 36.2 Å². The van der Waals surface area contributed by atoms with Crippen LogP contribution in [0, 0.1) is 23.7 Å². The van der Waals surface area contributed by atoms with E-state index >= 15 is 4.79 Å². The van der Waals surface area contributed by atoms with E-state index in [0.29, 0.717) is 28.3 Å². The molecule has 4 aliphatic rings. The normalized spacial score (nSPS) is 28.2. The smallest absolute Gasteiger partial charge is 0.246 e. The number of nitrogens with zero attached hydrogens (tertiary/aromatic N) is 2. The number of anilines is 1. The van der Waals surface area contributed by atoms with Crippen LogP contribution in [-0.4, -0.2) is 53.4 Å². The van der Waals surface area contributed by atoms with Crippen LogP contribution in [0.15, 0.2) is 78.4 Å². The van der Waals surface area contributed by atoms with Crippen molar-refractivity contribution < 1.29 is 33.8 Å². The summed E-state index contributed by atoms with van der Waals surface area (Å²) in [5.74, 6) is -4.59. The molecule has 1 N–H and O–H groups in total. The quantitative estimate of drug-likeness (QED) is 0.261. The van der Waals surface area contributed by atoms with Crippen molar-refractivity contribution in [2.45, 2.75) is 50.5 Å². The Hall–Kier alpha value is -4.63. The summed E-state index contributed by atoms with van der Waals surface area (Å²) >= 11 is 6.39. The van der Waals surface area contributed by atoms with Gasteiger partial charge in [-0.15, -0.1) is 0 Å². The van der Waals surface area contributed by atoms with Crippen LogP contribution in [0.1, 0.15) is 50.7 Å². The van der Waals surface area contributed by atoms with E-state index < -0.39 is 52.4 Å². The minimum Gasteiger partial charge on any atom is -0.508 e. The fourth-order valence-corrected chi connectivity index (χ4v) is 9.11. The molecule has 2 heterocycles. The number of likely N-dealkylation sites (tertiary alicyclic amines) is 1. The summed E-state index contributed by atoms with van der Waals surface area (Å²) in [5, 5.41) is 11.0. The maximum atomic E-state index is 15.4. The van der Waals surface area contributed by atoms with Gasteiger partial charge in [0.25, 0.3) is 0 Å². The molecule has 9 nitrogen and oxygen atoms in total. The van der Waals surface area contributed by atoms with Gasteiger partial charge in [0.2, 0.25) is 23.6 Å². The summed E-state index contributed by atoms with van der Waals surface area (Å²) in [6.07, 6.45) is 2.45. The van der Waals surface area contributed by atoms with Gasteiger partial charge in [-0.3, -0.25) is 24.1 Å². The minimum atomic E-state index is -1.51. The molecule has 3 fully saturated rings. The summed E-state index contributed by atoms with van der Waals surface area (Å²) in [6.45, 7) is 5.52. The highest BCUT2D eigenvalue weighted by atomic mass is 35.5. The number of hydrogen-bond donors (Lipinski definition) is 1. The average Bonchev–Trinajstić information content (AvgIpc) is 3.45. The monoisotopic (exact) mass is 668 g/mol.